The van der Waals surface area contributed by atoms with Crippen LogP contribution in [0, 0.1) is 29.6 Å². The zero-order chi connectivity index (χ0) is 14.7. The number of pyridine rings is 1. The van der Waals surface area contributed by atoms with Crippen LogP contribution in [0.1, 0.15) is 30.9 Å². The van der Waals surface area contributed by atoms with E-state index in [0.29, 0.717) is 11.8 Å². The average Bonchev–Trinajstić information content (AvgIpc) is 3.02. The molecular formula is C18H24ClN3O. The molecule has 3 aliphatic carbocycles. The summed E-state index contributed by atoms with van der Waals surface area (Å²) >= 11 is 0. The maximum absolute atomic E-state index is 13.2. The third-order valence-corrected chi connectivity index (χ3v) is 6.62. The topological polar surface area (TPSA) is 45.2 Å². The molecule has 124 valence electrons. The lowest BCUT2D eigenvalue weighted by atomic mass is 9.99. The summed E-state index contributed by atoms with van der Waals surface area (Å²) in [6.45, 7) is 2.60. The average molecular weight is 334 g/mol. The molecule has 1 aromatic heterocycles. The van der Waals surface area contributed by atoms with Gasteiger partial charge in [-0.1, -0.05) is 6.07 Å². The molecule has 2 heterocycles. The standard InChI is InChI=1S/C18H23N3O.ClH/c22-18(17-15-11-3-4-12(8-11)16(15)17)21-7-6-20-10-14(21)13-2-1-5-19-9-13;/h1-2,5,9,11-12,14-17,20H,3-4,6-8,10H2;1H. The molecule has 5 rings (SSSR count). The number of aromatic nitrogens is 1. The van der Waals surface area contributed by atoms with Crippen molar-refractivity contribution in [1.29, 1.82) is 0 Å². The third-order valence-electron chi connectivity index (χ3n) is 6.62. The Morgan fingerprint density at radius 2 is 2.04 bits per heavy atom. The zero-order valence-electron chi connectivity index (χ0n) is 13.2. The highest BCUT2D eigenvalue weighted by atomic mass is 35.5. The number of piperazine rings is 1. The van der Waals surface area contributed by atoms with E-state index in [4.69, 9.17) is 0 Å². The highest BCUT2D eigenvalue weighted by Gasteiger charge is 2.68. The fourth-order valence-corrected chi connectivity index (χ4v) is 5.69. The number of rotatable bonds is 2. The molecule has 1 saturated heterocycles. The number of fused-ring (bicyclic) bond motifs is 5. The second kappa shape index (κ2) is 5.75. The SMILES string of the molecule is Cl.O=C(C1C2C3CCC(C3)C12)N1CCNCC1c1cccnc1. The Hall–Kier alpha value is -1.13. The summed E-state index contributed by atoms with van der Waals surface area (Å²) in [6, 6.07) is 4.23. The number of amides is 1. The van der Waals surface area contributed by atoms with E-state index in [9.17, 15) is 4.79 Å². The maximum Gasteiger partial charge on any atom is 0.226 e. The van der Waals surface area contributed by atoms with Gasteiger partial charge >= 0.3 is 0 Å². The van der Waals surface area contributed by atoms with Gasteiger partial charge in [-0.25, -0.2) is 0 Å². The Balaban J connectivity index is 0.00000135. The van der Waals surface area contributed by atoms with Crippen molar-refractivity contribution in [2.45, 2.75) is 25.3 Å². The summed E-state index contributed by atoms with van der Waals surface area (Å²) in [5, 5.41) is 3.44. The Labute approximate surface area is 143 Å². The first kappa shape index (κ1) is 15.4. The van der Waals surface area contributed by atoms with Crippen LogP contribution >= 0.6 is 12.4 Å². The van der Waals surface area contributed by atoms with Crippen molar-refractivity contribution in [3.8, 4) is 0 Å². The Morgan fingerprint density at radius 1 is 1.26 bits per heavy atom. The van der Waals surface area contributed by atoms with E-state index >= 15 is 0 Å². The minimum Gasteiger partial charge on any atom is -0.333 e. The second-order valence-electron chi connectivity index (χ2n) is 7.55. The molecule has 5 unspecified atom stereocenters. The molecule has 1 amide bonds. The van der Waals surface area contributed by atoms with Gasteiger partial charge in [0.25, 0.3) is 0 Å². The van der Waals surface area contributed by atoms with Crippen molar-refractivity contribution >= 4 is 18.3 Å². The Bertz CT molecular complexity index is 579. The highest BCUT2D eigenvalue weighted by molar-refractivity contribution is 5.85. The normalized spacial score (nSPS) is 40.4. The molecule has 1 N–H and O–H groups in total. The van der Waals surface area contributed by atoms with Gasteiger partial charge in [0, 0.05) is 37.9 Å². The summed E-state index contributed by atoms with van der Waals surface area (Å²) in [6.07, 6.45) is 7.88. The third kappa shape index (κ3) is 2.30. The number of hydrogen-bond acceptors (Lipinski definition) is 3. The fraction of sp³-hybridized carbons (Fsp3) is 0.667. The monoisotopic (exact) mass is 333 g/mol. The van der Waals surface area contributed by atoms with Crippen molar-refractivity contribution in [2.24, 2.45) is 29.6 Å². The summed E-state index contributed by atoms with van der Waals surface area (Å²) in [5.74, 6) is 3.98. The molecule has 4 nitrogen and oxygen atoms in total. The van der Waals surface area contributed by atoms with Crippen molar-refractivity contribution in [2.75, 3.05) is 19.6 Å². The van der Waals surface area contributed by atoms with Gasteiger partial charge in [-0.3, -0.25) is 9.78 Å². The lowest BCUT2D eigenvalue weighted by Gasteiger charge is -2.37. The van der Waals surface area contributed by atoms with Crippen molar-refractivity contribution in [3.63, 3.8) is 0 Å². The lowest BCUT2D eigenvalue weighted by Crippen LogP contribution is -2.49. The van der Waals surface area contributed by atoms with E-state index < -0.39 is 0 Å². The van der Waals surface area contributed by atoms with E-state index in [0.717, 1.165) is 48.9 Å². The van der Waals surface area contributed by atoms with Gasteiger partial charge in [-0.15, -0.1) is 12.4 Å². The van der Waals surface area contributed by atoms with Crippen molar-refractivity contribution in [3.05, 3.63) is 30.1 Å². The molecule has 5 atom stereocenters. The smallest absolute Gasteiger partial charge is 0.226 e. The van der Waals surface area contributed by atoms with Gasteiger partial charge in [-0.05, 0) is 54.6 Å². The van der Waals surface area contributed by atoms with Crippen LogP contribution in [-0.4, -0.2) is 35.4 Å². The quantitative estimate of drug-likeness (QED) is 0.903. The largest absolute Gasteiger partial charge is 0.333 e. The van der Waals surface area contributed by atoms with Gasteiger partial charge in [0.1, 0.15) is 0 Å². The molecule has 0 radical (unpaired) electrons. The van der Waals surface area contributed by atoms with Crippen LogP contribution in [0.5, 0.6) is 0 Å². The Kier molecular flexibility index (Phi) is 3.85. The maximum atomic E-state index is 13.2. The second-order valence-corrected chi connectivity index (χ2v) is 7.55. The van der Waals surface area contributed by atoms with Gasteiger partial charge in [-0.2, -0.15) is 0 Å². The predicted octanol–water partition coefficient (Wildman–Crippen LogP) is 2.27. The van der Waals surface area contributed by atoms with Gasteiger partial charge in [0.05, 0.1) is 6.04 Å². The summed E-state index contributed by atoms with van der Waals surface area (Å²) in [7, 11) is 0. The van der Waals surface area contributed by atoms with Crippen molar-refractivity contribution in [1.82, 2.24) is 15.2 Å². The van der Waals surface area contributed by atoms with E-state index in [2.05, 4.69) is 21.3 Å². The zero-order valence-corrected chi connectivity index (χ0v) is 14.0. The molecular weight excluding hydrogens is 310 g/mol. The minimum absolute atomic E-state index is 0. The van der Waals surface area contributed by atoms with Crippen LogP contribution in [0.15, 0.2) is 24.5 Å². The van der Waals surface area contributed by atoms with Crippen LogP contribution in [0.25, 0.3) is 0 Å². The first-order valence-corrected chi connectivity index (χ1v) is 8.75. The molecule has 2 bridgehead atoms. The van der Waals surface area contributed by atoms with Crippen LogP contribution in [0.4, 0.5) is 0 Å². The number of nitrogens with one attached hydrogen (secondary N) is 1. The summed E-state index contributed by atoms with van der Waals surface area (Å²) < 4.78 is 0. The van der Waals surface area contributed by atoms with E-state index in [1.807, 2.05) is 12.3 Å². The molecule has 4 aliphatic rings. The number of nitrogens with zero attached hydrogens (tertiary/aromatic N) is 2. The number of carbonyl (C=O) groups is 1. The number of hydrogen-bond donors (Lipinski definition) is 1. The molecule has 23 heavy (non-hydrogen) atoms. The van der Waals surface area contributed by atoms with E-state index in [1.165, 1.54) is 19.3 Å². The lowest BCUT2D eigenvalue weighted by molar-refractivity contribution is -0.137. The van der Waals surface area contributed by atoms with Crippen LogP contribution in [-0.2, 0) is 4.79 Å². The number of carbonyl (C=O) groups excluding carboxylic acids is 1. The molecule has 5 heteroatoms. The molecule has 0 aromatic carbocycles. The first-order chi connectivity index (χ1) is 10.8. The van der Waals surface area contributed by atoms with Gasteiger partial charge in [0.15, 0.2) is 0 Å². The highest BCUT2D eigenvalue weighted by Crippen LogP contribution is 2.69. The van der Waals surface area contributed by atoms with Crippen molar-refractivity contribution < 1.29 is 4.79 Å². The summed E-state index contributed by atoms with van der Waals surface area (Å²) in [4.78, 5) is 19.5. The minimum atomic E-state index is 0. The molecule has 3 saturated carbocycles. The number of halogens is 1. The Morgan fingerprint density at radius 3 is 2.74 bits per heavy atom. The van der Waals surface area contributed by atoms with Gasteiger partial charge < -0.3 is 10.2 Å². The van der Waals surface area contributed by atoms with Crippen LogP contribution in [0.2, 0.25) is 0 Å². The summed E-state index contributed by atoms with van der Waals surface area (Å²) in [5.41, 5.74) is 1.16. The van der Waals surface area contributed by atoms with E-state index in [1.54, 1.807) is 6.20 Å². The molecule has 4 fully saturated rings. The van der Waals surface area contributed by atoms with Crippen LogP contribution in [0.3, 0.4) is 0 Å². The van der Waals surface area contributed by atoms with Crippen LogP contribution < -0.4 is 5.32 Å². The molecule has 1 aliphatic heterocycles. The molecule has 0 spiro atoms. The molecule has 1 aromatic rings. The predicted molar refractivity (Wildman–Crippen MR) is 90.1 cm³/mol. The van der Waals surface area contributed by atoms with E-state index in [-0.39, 0.29) is 18.4 Å². The first-order valence-electron chi connectivity index (χ1n) is 8.75. The van der Waals surface area contributed by atoms with Gasteiger partial charge in [0.2, 0.25) is 5.91 Å². The fourth-order valence-electron chi connectivity index (χ4n) is 5.69.